The van der Waals surface area contributed by atoms with Crippen LogP contribution < -0.4 is 5.32 Å². The minimum atomic E-state index is 0.571. The molecule has 0 aliphatic carbocycles. The average Bonchev–Trinajstić information content (AvgIpc) is 2.23. The molecule has 1 saturated heterocycles. The lowest BCUT2D eigenvalue weighted by Crippen LogP contribution is -2.27. The molecule has 0 saturated carbocycles. The van der Waals surface area contributed by atoms with Crippen molar-refractivity contribution in [2.45, 2.75) is 32.2 Å². The summed E-state index contributed by atoms with van der Waals surface area (Å²) in [5, 5.41) is 3.58. The van der Waals surface area contributed by atoms with Gasteiger partial charge in [0.25, 0.3) is 0 Å². The summed E-state index contributed by atoms with van der Waals surface area (Å²) in [6, 6.07) is 7.05. The number of benzene rings is 1. The summed E-state index contributed by atoms with van der Waals surface area (Å²) in [5.41, 5.74) is 2.84. The van der Waals surface area contributed by atoms with Gasteiger partial charge >= 0.3 is 0 Å². The second kappa shape index (κ2) is 4.45. The van der Waals surface area contributed by atoms with Crippen molar-refractivity contribution in [1.29, 1.82) is 0 Å². The topological polar surface area (TPSA) is 12.0 Å². The zero-order chi connectivity index (χ0) is 9.97. The van der Waals surface area contributed by atoms with Gasteiger partial charge in [-0.2, -0.15) is 0 Å². The molecule has 0 bridgehead atoms. The Balaban J connectivity index is 2.26. The molecule has 1 nitrogen and oxygen atoms in total. The molecule has 2 heteroatoms. The lowest BCUT2D eigenvalue weighted by molar-refractivity contribution is 0.411. The third-order valence-electron chi connectivity index (χ3n) is 3.00. The van der Waals surface area contributed by atoms with Crippen molar-refractivity contribution in [1.82, 2.24) is 5.32 Å². The summed E-state index contributed by atoms with van der Waals surface area (Å²) in [6.45, 7) is 3.35. The number of rotatable bonds is 1. The summed E-state index contributed by atoms with van der Waals surface area (Å²) in [7, 11) is 0. The molecule has 1 N–H and O–H groups in total. The summed E-state index contributed by atoms with van der Waals surface area (Å²) < 4.78 is 1.22. The van der Waals surface area contributed by atoms with E-state index in [9.17, 15) is 0 Å². The van der Waals surface area contributed by atoms with Crippen LogP contribution in [0.1, 0.15) is 36.4 Å². The van der Waals surface area contributed by atoms with Gasteiger partial charge in [0.05, 0.1) is 0 Å². The molecule has 14 heavy (non-hydrogen) atoms. The fraction of sp³-hybridized carbons (Fsp3) is 0.500. The van der Waals surface area contributed by atoms with E-state index in [1.807, 2.05) is 0 Å². The van der Waals surface area contributed by atoms with Crippen LogP contribution in [-0.2, 0) is 0 Å². The van der Waals surface area contributed by atoms with Gasteiger partial charge < -0.3 is 5.32 Å². The van der Waals surface area contributed by atoms with Gasteiger partial charge in [-0.15, -0.1) is 0 Å². The van der Waals surface area contributed by atoms with Crippen molar-refractivity contribution >= 4 is 15.9 Å². The fourth-order valence-electron chi connectivity index (χ4n) is 2.12. The van der Waals surface area contributed by atoms with Crippen LogP contribution in [0.25, 0.3) is 0 Å². The largest absolute Gasteiger partial charge is 0.310 e. The highest BCUT2D eigenvalue weighted by Gasteiger charge is 2.16. The van der Waals surface area contributed by atoms with E-state index in [-0.39, 0.29) is 0 Å². The van der Waals surface area contributed by atoms with Gasteiger partial charge in [-0.1, -0.05) is 34.5 Å². The Kier molecular flexibility index (Phi) is 3.24. The number of halogens is 1. The summed E-state index contributed by atoms with van der Waals surface area (Å²) in [6.07, 6.45) is 3.95. The van der Waals surface area contributed by atoms with Gasteiger partial charge in [0.1, 0.15) is 0 Å². The molecule has 1 heterocycles. The number of piperidine rings is 1. The Labute approximate surface area is 94.0 Å². The molecule has 1 aromatic rings. The van der Waals surface area contributed by atoms with E-state index >= 15 is 0 Å². The molecule has 0 spiro atoms. The number of hydrogen-bond acceptors (Lipinski definition) is 1. The standard InChI is InChI=1S/C12H16BrN/c1-9-10(5-4-6-11(9)13)12-7-2-3-8-14-12/h4-6,12,14H,2-3,7-8H2,1H3/t12-/m1/s1. The lowest BCUT2D eigenvalue weighted by atomic mass is 9.94. The van der Waals surface area contributed by atoms with E-state index in [0.29, 0.717) is 6.04 Å². The fourth-order valence-corrected chi connectivity index (χ4v) is 2.50. The monoisotopic (exact) mass is 253 g/mol. The molecule has 2 rings (SSSR count). The molecule has 1 aliphatic rings. The Bertz CT molecular complexity index is 316. The van der Waals surface area contributed by atoms with E-state index in [1.165, 1.54) is 34.9 Å². The van der Waals surface area contributed by atoms with Crippen LogP contribution >= 0.6 is 15.9 Å². The third-order valence-corrected chi connectivity index (χ3v) is 3.85. The molecule has 0 radical (unpaired) electrons. The Morgan fingerprint density at radius 3 is 2.93 bits per heavy atom. The highest BCUT2D eigenvalue weighted by atomic mass is 79.9. The first kappa shape index (κ1) is 10.2. The summed E-state index contributed by atoms with van der Waals surface area (Å²) >= 11 is 3.58. The number of nitrogens with one attached hydrogen (secondary N) is 1. The van der Waals surface area contributed by atoms with Crippen molar-refractivity contribution in [3.8, 4) is 0 Å². The third kappa shape index (κ3) is 2.01. The van der Waals surface area contributed by atoms with Crippen molar-refractivity contribution < 1.29 is 0 Å². The first-order valence-electron chi connectivity index (χ1n) is 5.27. The van der Waals surface area contributed by atoms with Gasteiger partial charge in [-0.05, 0) is 43.5 Å². The van der Waals surface area contributed by atoms with Crippen LogP contribution in [0.3, 0.4) is 0 Å². The smallest absolute Gasteiger partial charge is 0.0323 e. The van der Waals surface area contributed by atoms with Gasteiger partial charge in [-0.25, -0.2) is 0 Å². The molecule has 1 fully saturated rings. The van der Waals surface area contributed by atoms with Crippen LogP contribution in [0.4, 0.5) is 0 Å². The summed E-state index contributed by atoms with van der Waals surface area (Å²) in [4.78, 5) is 0. The minimum absolute atomic E-state index is 0.571. The van der Waals surface area contributed by atoms with Crippen molar-refractivity contribution in [3.05, 3.63) is 33.8 Å². The quantitative estimate of drug-likeness (QED) is 0.807. The second-order valence-corrected chi connectivity index (χ2v) is 4.81. The maximum absolute atomic E-state index is 3.58. The van der Waals surface area contributed by atoms with E-state index in [4.69, 9.17) is 0 Å². The van der Waals surface area contributed by atoms with Gasteiger partial charge in [0.15, 0.2) is 0 Å². The first-order chi connectivity index (χ1) is 6.79. The van der Waals surface area contributed by atoms with Crippen molar-refractivity contribution in [3.63, 3.8) is 0 Å². The Hall–Kier alpha value is -0.340. The van der Waals surface area contributed by atoms with E-state index in [2.05, 4.69) is 46.4 Å². The molecule has 0 aromatic heterocycles. The number of hydrogen-bond donors (Lipinski definition) is 1. The zero-order valence-electron chi connectivity index (χ0n) is 8.52. The maximum atomic E-state index is 3.58. The van der Waals surface area contributed by atoms with Crippen LogP contribution in [-0.4, -0.2) is 6.54 Å². The van der Waals surface area contributed by atoms with E-state index in [1.54, 1.807) is 0 Å². The molecule has 1 aromatic carbocycles. The van der Waals surface area contributed by atoms with Gasteiger partial charge in [0.2, 0.25) is 0 Å². The van der Waals surface area contributed by atoms with Crippen LogP contribution in [0, 0.1) is 6.92 Å². The SMILES string of the molecule is Cc1c(Br)cccc1[C@H]1CCCCN1. The molecule has 0 unspecified atom stereocenters. The molecular weight excluding hydrogens is 238 g/mol. The van der Waals surface area contributed by atoms with Gasteiger partial charge in [-0.3, -0.25) is 0 Å². The normalized spacial score (nSPS) is 22.3. The highest BCUT2D eigenvalue weighted by molar-refractivity contribution is 9.10. The zero-order valence-corrected chi connectivity index (χ0v) is 10.1. The molecule has 1 atom stereocenters. The predicted molar refractivity (Wildman–Crippen MR) is 63.5 cm³/mol. The predicted octanol–water partition coefficient (Wildman–Crippen LogP) is 3.57. The second-order valence-electron chi connectivity index (χ2n) is 3.96. The maximum Gasteiger partial charge on any atom is 0.0323 e. The molecule has 76 valence electrons. The molecular formula is C12H16BrN. The average molecular weight is 254 g/mol. The van der Waals surface area contributed by atoms with Crippen LogP contribution in [0.5, 0.6) is 0 Å². The first-order valence-corrected chi connectivity index (χ1v) is 6.07. The van der Waals surface area contributed by atoms with Crippen molar-refractivity contribution in [2.75, 3.05) is 6.54 Å². The van der Waals surface area contributed by atoms with Gasteiger partial charge in [0, 0.05) is 10.5 Å². The summed E-state index contributed by atoms with van der Waals surface area (Å²) in [5.74, 6) is 0. The lowest BCUT2D eigenvalue weighted by Gasteiger charge is -2.25. The van der Waals surface area contributed by atoms with Crippen LogP contribution in [0.15, 0.2) is 22.7 Å². The van der Waals surface area contributed by atoms with Crippen LogP contribution in [0.2, 0.25) is 0 Å². The highest BCUT2D eigenvalue weighted by Crippen LogP contribution is 2.29. The molecule has 0 amide bonds. The minimum Gasteiger partial charge on any atom is -0.310 e. The molecule has 1 aliphatic heterocycles. The Morgan fingerprint density at radius 1 is 1.36 bits per heavy atom. The van der Waals surface area contributed by atoms with Crippen molar-refractivity contribution in [2.24, 2.45) is 0 Å². The van der Waals surface area contributed by atoms with E-state index in [0.717, 1.165) is 6.54 Å². The Morgan fingerprint density at radius 2 is 2.21 bits per heavy atom. The van der Waals surface area contributed by atoms with E-state index < -0.39 is 0 Å².